The Morgan fingerprint density at radius 1 is 1.24 bits per heavy atom. The molecule has 0 bridgehead atoms. The Morgan fingerprint density at radius 3 is 2.33 bits per heavy atom. The van der Waals surface area contributed by atoms with Crippen molar-refractivity contribution in [2.24, 2.45) is 5.73 Å². The predicted molar refractivity (Wildman–Crippen MR) is 79.1 cm³/mol. The average molecular weight is 291 g/mol. The molecule has 1 aromatic rings. The topological polar surface area (TPSA) is 84.7 Å². The van der Waals surface area contributed by atoms with E-state index in [-0.39, 0.29) is 24.6 Å². The van der Waals surface area contributed by atoms with Gasteiger partial charge in [-0.2, -0.15) is 0 Å². The fourth-order valence-corrected chi connectivity index (χ4v) is 2.52. The van der Waals surface area contributed by atoms with Gasteiger partial charge in [0.05, 0.1) is 0 Å². The molecule has 1 saturated heterocycles. The Kier molecular flexibility index (Phi) is 4.80. The van der Waals surface area contributed by atoms with Crippen molar-refractivity contribution < 1.29 is 14.3 Å². The van der Waals surface area contributed by atoms with Crippen LogP contribution in [0.2, 0.25) is 0 Å². The van der Waals surface area contributed by atoms with E-state index in [1.54, 1.807) is 24.3 Å². The Bertz CT molecular complexity index is 505. The Morgan fingerprint density at radius 2 is 1.81 bits per heavy atom. The molecule has 114 valence electrons. The molecular formula is C15H21N3O3. The van der Waals surface area contributed by atoms with Crippen molar-refractivity contribution in [3.05, 3.63) is 29.8 Å². The molecule has 1 heterocycles. The van der Waals surface area contributed by atoms with Gasteiger partial charge in [0.2, 0.25) is 0 Å². The first-order valence-corrected chi connectivity index (χ1v) is 7.02. The maximum atomic E-state index is 12.5. The van der Waals surface area contributed by atoms with Crippen LogP contribution in [0.3, 0.4) is 0 Å². The molecule has 0 unspecified atom stereocenters. The number of ether oxygens (including phenoxy) is 1. The molecule has 6 heteroatoms. The maximum Gasteiger partial charge on any atom is 0.255 e. The van der Waals surface area contributed by atoms with Crippen molar-refractivity contribution in [3.63, 3.8) is 0 Å². The predicted octanol–water partition coefficient (Wildman–Crippen LogP) is 0.373. The van der Waals surface area contributed by atoms with Crippen LogP contribution in [0.5, 0.6) is 5.75 Å². The summed E-state index contributed by atoms with van der Waals surface area (Å²) in [4.78, 5) is 25.0. The van der Waals surface area contributed by atoms with Crippen LogP contribution in [-0.4, -0.2) is 48.5 Å². The summed E-state index contributed by atoms with van der Waals surface area (Å²) in [5.41, 5.74) is 5.62. The lowest BCUT2D eigenvalue weighted by molar-refractivity contribution is -0.119. The largest absolute Gasteiger partial charge is 0.484 e. The number of rotatable bonds is 4. The van der Waals surface area contributed by atoms with Gasteiger partial charge in [-0.05, 0) is 38.1 Å². The fourth-order valence-electron chi connectivity index (χ4n) is 2.52. The molecule has 1 aromatic carbocycles. The summed E-state index contributed by atoms with van der Waals surface area (Å²) >= 11 is 0. The van der Waals surface area contributed by atoms with Gasteiger partial charge in [-0.3, -0.25) is 9.59 Å². The molecule has 2 atom stereocenters. The van der Waals surface area contributed by atoms with E-state index in [0.717, 1.165) is 0 Å². The smallest absolute Gasteiger partial charge is 0.255 e. The van der Waals surface area contributed by atoms with Crippen molar-refractivity contribution in [3.8, 4) is 5.75 Å². The van der Waals surface area contributed by atoms with Gasteiger partial charge < -0.3 is 20.7 Å². The zero-order valence-corrected chi connectivity index (χ0v) is 12.3. The summed E-state index contributed by atoms with van der Waals surface area (Å²) < 4.78 is 5.17. The van der Waals surface area contributed by atoms with Gasteiger partial charge >= 0.3 is 0 Å². The Hall–Kier alpha value is -2.08. The molecule has 0 saturated carbocycles. The highest BCUT2D eigenvalue weighted by molar-refractivity contribution is 5.94. The monoisotopic (exact) mass is 291 g/mol. The third-order valence-electron chi connectivity index (χ3n) is 3.33. The summed E-state index contributed by atoms with van der Waals surface area (Å²) in [5, 5.41) is 3.39. The van der Waals surface area contributed by atoms with E-state index in [2.05, 4.69) is 19.2 Å². The summed E-state index contributed by atoms with van der Waals surface area (Å²) in [6.45, 7) is 5.36. The number of piperazine rings is 1. The van der Waals surface area contributed by atoms with Crippen molar-refractivity contribution in [1.82, 2.24) is 10.2 Å². The zero-order chi connectivity index (χ0) is 15.4. The third kappa shape index (κ3) is 4.19. The lowest BCUT2D eigenvalue weighted by atomic mass is 10.1. The van der Waals surface area contributed by atoms with Crippen LogP contribution in [0.1, 0.15) is 24.2 Å². The van der Waals surface area contributed by atoms with E-state index in [1.807, 2.05) is 4.90 Å². The number of carbonyl (C=O) groups excluding carboxylic acids is 2. The second kappa shape index (κ2) is 6.58. The molecule has 0 radical (unpaired) electrons. The molecule has 6 nitrogen and oxygen atoms in total. The van der Waals surface area contributed by atoms with Crippen LogP contribution in [0.15, 0.2) is 24.3 Å². The summed E-state index contributed by atoms with van der Waals surface area (Å²) in [7, 11) is 0. The molecule has 0 spiro atoms. The normalized spacial score (nSPS) is 21.9. The van der Waals surface area contributed by atoms with Gasteiger partial charge in [-0.15, -0.1) is 0 Å². The third-order valence-corrected chi connectivity index (χ3v) is 3.33. The number of hydrogen-bond donors (Lipinski definition) is 2. The maximum absolute atomic E-state index is 12.5. The second-order valence-electron chi connectivity index (χ2n) is 5.46. The standard InChI is InChI=1S/C15H21N3O3/c1-10-7-18(8-11(2)17-10)15(20)12-3-5-13(6-4-12)21-9-14(16)19/h3-6,10-11,17H,7-9H2,1-2H3,(H2,16,19)/t10-,11-/m0/s1. The second-order valence-corrected chi connectivity index (χ2v) is 5.46. The molecule has 0 aromatic heterocycles. The lowest BCUT2D eigenvalue weighted by Crippen LogP contribution is -2.55. The first-order valence-electron chi connectivity index (χ1n) is 7.02. The van der Waals surface area contributed by atoms with E-state index in [1.165, 1.54) is 0 Å². The van der Waals surface area contributed by atoms with E-state index in [4.69, 9.17) is 10.5 Å². The number of hydrogen-bond acceptors (Lipinski definition) is 4. The highest BCUT2D eigenvalue weighted by Crippen LogP contribution is 2.15. The molecule has 21 heavy (non-hydrogen) atoms. The Labute approximate surface area is 124 Å². The van der Waals surface area contributed by atoms with Crippen LogP contribution >= 0.6 is 0 Å². The van der Waals surface area contributed by atoms with Crippen LogP contribution in [0.4, 0.5) is 0 Å². The van der Waals surface area contributed by atoms with Gasteiger partial charge in [0.1, 0.15) is 5.75 Å². The molecule has 1 fully saturated rings. The first kappa shape index (κ1) is 15.3. The van der Waals surface area contributed by atoms with Gasteiger partial charge in [0, 0.05) is 30.7 Å². The number of carbonyl (C=O) groups is 2. The molecule has 3 N–H and O–H groups in total. The van der Waals surface area contributed by atoms with Crippen LogP contribution < -0.4 is 15.8 Å². The molecule has 1 aliphatic rings. The van der Waals surface area contributed by atoms with E-state index >= 15 is 0 Å². The minimum absolute atomic E-state index is 0.0108. The lowest BCUT2D eigenvalue weighted by Gasteiger charge is -2.36. The van der Waals surface area contributed by atoms with Crippen LogP contribution in [-0.2, 0) is 4.79 Å². The van der Waals surface area contributed by atoms with Gasteiger partial charge in [-0.1, -0.05) is 0 Å². The van der Waals surface area contributed by atoms with Crippen molar-refractivity contribution in [1.29, 1.82) is 0 Å². The van der Waals surface area contributed by atoms with Crippen molar-refractivity contribution in [2.75, 3.05) is 19.7 Å². The molecule has 2 rings (SSSR count). The number of nitrogens with two attached hydrogens (primary N) is 1. The van der Waals surface area contributed by atoms with Crippen LogP contribution in [0.25, 0.3) is 0 Å². The van der Waals surface area contributed by atoms with Gasteiger partial charge in [-0.25, -0.2) is 0 Å². The SMILES string of the molecule is C[C@H]1CN(C(=O)c2ccc(OCC(N)=O)cc2)C[C@H](C)N1. The molecule has 2 amide bonds. The van der Waals surface area contributed by atoms with E-state index in [0.29, 0.717) is 24.4 Å². The number of amides is 2. The fraction of sp³-hybridized carbons (Fsp3) is 0.467. The zero-order valence-electron chi connectivity index (χ0n) is 12.3. The number of primary amides is 1. The van der Waals surface area contributed by atoms with Crippen LogP contribution in [0, 0.1) is 0 Å². The van der Waals surface area contributed by atoms with Crippen molar-refractivity contribution in [2.45, 2.75) is 25.9 Å². The molecule has 1 aliphatic heterocycles. The highest BCUT2D eigenvalue weighted by Gasteiger charge is 2.25. The van der Waals surface area contributed by atoms with E-state index in [9.17, 15) is 9.59 Å². The minimum atomic E-state index is -0.529. The minimum Gasteiger partial charge on any atom is -0.484 e. The van der Waals surface area contributed by atoms with Gasteiger partial charge in [0.15, 0.2) is 6.61 Å². The van der Waals surface area contributed by atoms with E-state index < -0.39 is 5.91 Å². The van der Waals surface area contributed by atoms with Gasteiger partial charge in [0.25, 0.3) is 11.8 Å². The number of benzene rings is 1. The molecule has 0 aliphatic carbocycles. The molecular weight excluding hydrogens is 270 g/mol. The summed E-state index contributed by atoms with van der Waals surface area (Å²) in [6, 6.07) is 7.33. The number of nitrogens with zero attached hydrogens (tertiary/aromatic N) is 1. The number of nitrogens with one attached hydrogen (secondary N) is 1. The summed E-state index contributed by atoms with van der Waals surface area (Å²) in [5.74, 6) is 0.00277. The van der Waals surface area contributed by atoms with Crippen molar-refractivity contribution >= 4 is 11.8 Å². The first-order chi connectivity index (χ1) is 9.95. The average Bonchev–Trinajstić information content (AvgIpc) is 2.44. The Balaban J connectivity index is 2.00. The highest BCUT2D eigenvalue weighted by atomic mass is 16.5. The summed E-state index contributed by atoms with van der Waals surface area (Å²) in [6.07, 6.45) is 0. The quantitative estimate of drug-likeness (QED) is 0.839.